The third-order valence-electron chi connectivity index (χ3n) is 3.76. The van der Waals surface area contributed by atoms with Crippen molar-refractivity contribution in [3.63, 3.8) is 0 Å². The second-order valence-corrected chi connectivity index (χ2v) is 6.02. The first-order chi connectivity index (χ1) is 12.7. The Morgan fingerprint density at radius 1 is 1.15 bits per heavy atom. The number of hydrogen-bond donors (Lipinski definition) is 0. The van der Waals surface area contributed by atoms with Crippen LogP contribution in [0, 0.1) is 0 Å². The minimum Gasteiger partial charge on any atom is -0.488 e. The van der Waals surface area contributed by atoms with Gasteiger partial charge < -0.3 is 13.9 Å². The number of carbonyl (C=O) groups excluding carboxylic acids is 1. The molecule has 2 aromatic carbocycles. The van der Waals surface area contributed by atoms with Gasteiger partial charge in [-0.15, -0.1) is 10.2 Å². The van der Waals surface area contributed by atoms with Gasteiger partial charge in [0, 0.05) is 16.1 Å². The van der Waals surface area contributed by atoms with Crippen LogP contribution in [-0.4, -0.2) is 22.8 Å². The van der Waals surface area contributed by atoms with Crippen LogP contribution in [0.1, 0.15) is 11.5 Å². The van der Waals surface area contributed by atoms with E-state index in [9.17, 15) is 4.79 Å². The van der Waals surface area contributed by atoms with Crippen molar-refractivity contribution in [1.82, 2.24) is 10.2 Å². The summed E-state index contributed by atoms with van der Waals surface area (Å²) in [5.41, 5.74) is 1.93. The summed E-state index contributed by atoms with van der Waals surface area (Å²) in [6, 6.07) is 14.6. The van der Waals surface area contributed by atoms with E-state index in [0.29, 0.717) is 22.2 Å². The third-order valence-corrected chi connectivity index (χ3v) is 4.00. The topological polar surface area (TPSA) is 74.5 Å². The molecule has 6 nitrogen and oxygen atoms in total. The first-order valence-electron chi connectivity index (χ1n) is 7.87. The summed E-state index contributed by atoms with van der Waals surface area (Å²) in [7, 11) is 0. The summed E-state index contributed by atoms with van der Waals surface area (Å²) >= 11 is 5.97. The summed E-state index contributed by atoms with van der Waals surface area (Å²) in [5.74, 6) is 0.767. The van der Waals surface area contributed by atoms with Crippen LogP contribution in [0.25, 0.3) is 17.5 Å². The van der Waals surface area contributed by atoms with Gasteiger partial charge in [0.2, 0.25) is 5.89 Å². The molecule has 0 unspecified atom stereocenters. The molecule has 1 aromatic heterocycles. The van der Waals surface area contributed by atoms with E-state index in [1.165, 1.54) is 0 Å². The maximum atomic E-state index is 12.2. The molecule has 0 saturated heterocycles. The van der Waals surface area contributed by atoms with Gasteiger partial charge in [-0.05, 0) is 36.4 Å². The smallest absolute Gasteiger partial charge is 0.338 e. The summed E-state index contributed by atoms with van der Waals surface area (Å²) in [6.07, 6.45) is 1.70. The van der Waals surface area contributed by atoms with Crippen molar-refractivity contribution in [2.24, 2.45) is 0 Å². The number of hydrogen-bond acceptors (Lipinski definition) is 6. The highest BCUT2D eigenvalue weighted by Gasteiger charge is 2.20. The van der Waals surface area contributed by atoms with E-state index in [2.05, 4.69) is 10.2 Å². The molecule has 2 heterocycles. The van der Waals surface area contributed by atoms with Crippen LogP contribution in [0.3, 0.4) is 0 Å². The molecule has 0 N–H and O–H groups in total. The van der Waals surface area contributed by atoms with Crippen molar-refractivity contribution in [2.75, 3.05) is 6.61 Å². The fraction of sp³-hybridized carbons (Fsp3) is 0.105. The van der Waals surface area contributed by atoms with Gasteiger partial charge in [-0.25, -0.2) is 4.79 Å². The molecule has 0 bridgehead atoms. The van der Waals surface area contributed by atoms with E-state index in [0.717, 1.165) is 11.1 Å². The molecule has 0 amide bonds. The van der Waals surface area contributed by atoms with Crippen LogP contribution in [-0.2, 0) is 16.1 Å². The van der Waals surface area contributed by atoms with Gasteiger partial charge >= 0.3 is 5.97 Å². The molecule has 0 radical (unpaired) electrons. The molecule has 0 spiro atoms. The molecule has 0 saturated carbocycles. The van der Waals surface area contributed by atoms with Crippen LogP contribution in [0.4, 0.5) is 0 Å². The van der Waals surface area contributed by atoms with Gasteiger partial charge in [-0.3, -0.25) is 0 Å². The number of halogens is 1. The molecule has 1 aliphatic rings. The summed E-state index contributed by atoms with van der Waals surface area (Å²) in [6.45, 7) is 0.0188. The van der Waals surface area contributed by atoms with Crippen LogP contribution < -0.4 is 4.74 Å². The first kappa shape index (κ1) is 16.4. The van der Waals surface area contributed by atoms with E-state index in [1.807, 2.05) is 30.3 Å². The Balaban J connectivity index is 1.43. The standard InChI is InChI=1S/C19H13ClN2O4/c20-15-6-7-16-13(9-15)8-14(10-24-16)19(23)25-11-17-21-22-18(26-17)12-4-2-1-3-5-12/h1-9H,10-11H2. The predicted octanol–water partition coefficient (Wildman–Crippen LogP) is 3.91. The SMILES string of the molecule is O=C(OCc1nnc(-c2ccccc2)o1)C1=Cc2cc(Cl)ccc2OC1. The Kier molecular flexibility index (Phi) is 4.41. The number of rotatable bonds is 4. The number of fused-ring (bicyclic) bond motifs is 1. The zero-order chi connectivity index (χ0) is 17.9. The second kappa shape index (κ2) is 7.01. The molecule has 0 atom stereocenters. The van der Waals surface area contributed by atoms with Gasteiger partial charge in [0.05, 0.1) is 5.57 Å². The van der Waals surface area contributed by atoms with Crippen molar-refractivity contribution < 1.29 is 18.7 Å². The van der Waals surface area contributed by atoms with E-state index in [4.69, 9.17) is 25.5 Å². The van der Waals surface area contributed by atoms with Crippen molar-refractivity contribution in [1.29, 1.82) is 0 Å². The number of benzene rings is 2. The minimum atomic E-state index is -0.505. The highest BCUT2D eigenvalue weighted by Crippen LogP contribution is 2.29. The molecule has 26 heavy (non-hydrogen) atoms. The monoisotopic (exact) mass is 368 g/mol. The predicted molar refractivity (Wildman–Crippen MR) is 94.5 cm³/mol. The zero-order valence-electron chi connectivity index (χ0n) is 13.5. The number of ether oxygens (including phenoxy) is 2. The minimum absolute atomic E-state index is 0.113. The van der Waals surface area contributed by atoms with Gasteiger partial charge in [0.15, 0.2) is 6.61 Å². The molecular formula is C19H13ClN2O4. The van der Waals surface area contributed by atoms with Crippen LogP contribution in [0.2, 0.25) is 5.02 Å². The lowest BCUT2D eigenvalue weighted by molar-refractivity contribution is -0.141. The van der Waals surface area contributed by atoms with Crippen molar-refractivity contribution >= 4 is 23.6 Å². The van der Waals surface area contributed by atoms with Crippen molar-refractivity contribution in [2.45, 2.75) is 6.61 Å². The second-order valence-electron chi connectivity index (χ2n) is 5.58. The van der Waals surface area contributed by atoms with Crippen molar-refractivity contribution in [3.05, 3.63) is 70.6 Å². The summed E-state index contributed by atoms with van der Waals surface area (Å²) in [5, 5.41) is 8.42. The lowest BCUT2D eigenvalue weighted by Crippen LogP contribution is -2.17. The van der Waals surface area contributed by atoms with Gasteiger partial charge in [0.25, 0.3) is 5.89 Å². The van der Waals surface area contributed by atoms with E-state index >= 15 is 0 Å². The van der Waals surface area contributed by atoms with Crippen LogP contribution >= 0.6 is 11.6 Å². The lowest BCUT2D eigenvalue weighted by Gasteiger charge is -2.17. The first-order valence-corrected chi connectivity index (χ1v) is 8.25. The maximum absolute atomic E-state index is 12.2. The highest BCUT2D eigenvalue weighted by molar-refractivity contribution is 6.30. The van der Waals surface area contributed by atoms with Crippen LogP contribution in [0.15, 0.2) is 58.5 Å². The highest BCUT2D eigenvalue weighted by atomic mass is 35.5. The molecule has 0 fully saturated rings. The van der Waals surface area contributed by atoms with E-state index in [-0.39, 0.29) is 19.1 Å². The number of aromatic nitrogens is 2. The fourth-order valence-corrected chi connectivity index (χ4v) is 2.68. The molecule has 4 rings (SSSR count). The normalized spacial score (nSPS) is 12.7. The average molecular weight is 369 g/mol. The Morgan fingerprint density at radius 2 is 2.00 bits per heavy atom. The number of carbonyl (C=O) groups is 1. The Hall–Kier alpha value is -3.12. The zero-order valence-corrected chi connectivity index (χ0v) is 14.3. The Labute approximate surface area is 154 Å². The third kappa shape index (κ3) is 3.45. The quantitative estimate of drug-likeness (QED) is 0.650. The molecule has 130 valence electrons. The largest absolute Gasteiger partial charge is 0.488 e. The van der Waals surface area contributed by atoms with E-state index in [1.54, 1.807) is 24.3 Å². The van der Waals surface area contributed by atoms with Gasteiger partial charge in [-0.1, -0.05) is 29.8 Å². The molecule has 1 aliphatic heterocycles. The average Bonchev–Trinajstić information content (AvgIpc) is 3.15. The number of esters is 1. The molecular weight excluding hydrogens is 356 g/mol. The summed E-state index contributed by atoms with van der Waals surface area (Å²) < 4.78 is 16.3. The molecule has 0 aliphatic carbocycles. The van der Waals surface area contributed by atoms with Gasteiger partial charge in [-0.2, -0.15) is 0 Å². The molecule has 7 heteroatoms. The Bertz CT molecular complexity index is 982. The van der Waals surface area contributed by atoms with Gasteiger partial charge in [0.1, 0.15) is 12.4 Å². The Morgan fingerprint density at radius 3 is 2.85 bits per heavy atom. The lowest BCUT2D eigenvalue weighted by atomic mass is 10.1. The van der Waals surface area contributed by atoms with E-state index < -0.39 is 5.97 Å². The number of nitrogens with zero attached hydrogens (tertiary/aromatic N) is 2. The van der Waals surface area contributed by atoms with Crippen molar-refractivity contribution in [3.8, 4) is 17.2 Å². The fourth-order valence-electron chi connectivity index (χ4n) is 2.50. The maximum Gasteiger partial charge on any atom is 0.338 e. The van der Waals surface area contributed by atoms with Crippen LogP contribution in [0.5, 0.6) is 5.75 Å². The molecule has 3 aromatic rings. The summed E-state index contributed by atoms with van der Waals surface area (Å²) in [4.78, 5) is 12.2.